The molecule has 0 aliphatic heterocycles. The Bertz CT molecular complexity index is 1210. The maximum Gasteiger partial charge on any atom is 0.262 e. The van der Waals surface area contributed by atoms with Crippen molar-refractivity contribution >= 4 is 22.7 Å². The first-order valence-electron chi connectivity index (χ1n) is 9.08. The van der Waals surface area contributed by atoms with Crippen molar-refractivity contribution in [2.45, 2.75) is 30.2 Å². The largest absolute Gasteiger partial charge is 0.439 e. The van der Waals surface area contributed by atoms with E-state index in [0.29, 0.717) is 39.4 Å². The molecular formula is C21H17FN4O2S. The number of rotatable bonds is 6. The molecule has 2 heterocycles. The average molecular weight is 408 g/mol. The van der Waals surface area contributed by atoms with Crippen LogP contribution in [0, 0.1) is 5.82 Å². The molecular weight excluding hydrogens is 391 g/mol. The summed E-state index contributed by atoms with van der Waals surface area (Å²) in [4.78, 5) is 26.2. The minimum absolute atomic E-state index is 0.0846. The summed E-state index contributed by atoms with van der Waals surface area (Å²) in [6.45, 7) is 2.55. The molecule has 2 aromatic heterocycles. The first-order valence-corrected chi connectivity index (χ1v) is 9.89. The van der Waals surface area contributed by atoms with Crippen LogP contribution in [0.1, 0.15) is 13.3 Å². The van der Waals surface area contributed by atoms with Crippen molar-refractivity contribution in [1.29, 1.82) is 0 Å². The Morgan fingerprint density at radius 2 is 1.86 bits per heavy atom. The molecule has 0 aliphatic carbocycles. The number of fused-ring (bicyclic) bond motifs is 1. The third kappa shape index (κ3) is 4.27. The van der Waals surface area contributed by atoms with Crippen molar-refractivity contribution in [3.8, 4) is 11.6 Å². The number of para-hydroxylation sites is 1. The van der Waals surface area contributed by atoms with E-state index in [-0.39, 0.29) is 11.4 Å². The molecule has 0 saturated heterocycles. The minimum Gasteiger partial charge on any atom is -0.439 e. The molecule has 0 radical (unpaired) electrons. The second kappa shape index (κ2) is 8.40. The van der Waals surface area contributed by atoms with E-state index in [4.69, 9.17) is 4.74 Å². The molecule has 0 spiro atoms. The van der Waals surface area contributed by atoms with Gasteiger partial charge in [-0.2, -0.15) is 4.98 Å². The summed E-state index contributed by atoms with van der Waals surface area (Å²) in [5.74, 6) is 0.444. The summed E-state index contributed by atoms with van der Waals surface area (Å²) in [7, 11) is 0. The molecule has 2 aromatic carbocycles. The van der Waals surface area contributed by atoms with Crippen LogP contribution in [0.25, 0.3) is 10.9 Å². The van der Waals surface area contributed by atoms with E-state index in [1.165, 1.54) is 36.0 Å². The van der Waals surface area contributed by atoms with Gasteiger partial charge in [0.2, 0.25) is 5.88 Å². The van der Waals surface area contributed by atoms with E-state index < -0.39 is 0 Å². The zero-order chi connectivity index (χ0) is 20.2. The summed E-state index contributed by atoms with van der Waals surface area (Å²) in [5, 5.41) is 1.51. The maximum absolute atomic E-state index is 13.1. The molecule has 4 aromatic rings. The van der Waals surface area contributed by atoms with E-state index in [9.17, 15) is 9.18 Å². The molecule has 0 aliphatic rings. The third-order valence-corrected chi connectivity index (χ3v) is 4.97. The fourth-order valence-corrected chi connectivity index (χ4v) is 3.62. The van der Waals surface area contributed by atoms with Crippen molar-refractivity contribution in [1.82, 2.24) is 19.5 Å². The highest BCUT2D eigenvalue weighted by atomic mass is 32.2. The molecule has 0 amide bonds. The van der Waals surface area contributed by atoms with E-state index in [1.807, 2.05) is 25.1 Å². The van der Waals surface area contributed by atoms with Gasteiger partial charge in [0.15, 0.2) is 10.3 Å². The number of nitrogens with zero attached hydrogens (tertiary/aromatic N) is 4. The zero-order valence-electron chi connectivity index (χ0n) is 15.6. The lowest BCUT2D eigenvalue weighted by atomic mass is 10.2. The Kier molecular flexibility index (Phi) is 5.53. The molecule has 4 rings (SSSR count). The van der Waals surface area contributed by atoms with Gasteiger partial charge in [-0.25, -0.2) is 14.4 Å². The van der Waals surface area contributed by atoms with Crippen molar-refractivity contribution in [3.05, 3.63) is 77.0 Å². The molecule has 29 heavy (non-hydrogen) atoms. The predicted octanol–water partition coefficient (Wildman–Crippen LogP) is 4.68. The Labute approximate surface area is 170 Å². The number of aromatic nitrogens is 4. The zero-order valence-corrected chi connectivity index (χ0v) is 16.4. The molecule has 0 unspecified atom stereocenters. The standard InChI is InChI=1S/C21H17FN4O2S/c1-2-13-26-19(27)16-5-3-4-6-17(16)24-21(26)29-20-23-12-11-18(25-20)28-15-9-7-14(22)8-10-15/h3-12H,2,13H2,1H3. The summed E-state index contributed by atoms with van der Waals surface area (Å²) in [6, 6.07) is 14.5. The molecule has 0 bridgehead atoms. The van der Waals surface area contributed by atoms with Gasteiger partial charge in [0.1, 0.15) is 11.6 Å². The summed E-state index contributed by atoms with van der Waals surface area (Å²) < 4.78 is 20.4. The van der Waals surface area contributed by atoms with Crippen LogP contribution in [-0.2, 0) is 6.54 Å². The van der Waals surface area contributed by atoms with Gasteiger partial charge in [0.25, 0.3) is 5.56 Å². The molecule has 146 valence electrons. The highest BCUT2D eigenvalue weighted by Crippen LogP contribution is 2.26. The van der Waals surface area contributed by atoms with Crippen LogP contribution in [0.15, 0.2) is 75.9 Å². The quantitative estimate of drug-likeness (QED) is 0.432. The van der Waals surface area contributed by atoms with Gasteiger partial charge in [0.05, 0.1) is 10.9 Å². The number of ether oxygens (including phenoxy) is 1. The van der Waals surface area contributed by atoms with Gasteiger partial charge in [0, 0.05) is 18.8 Å². The summed E-state index contributed by atoms with van der Waals surface area (Å²) >= 11 is 1.20. The van der Waals surface area contributed by atoms with Crippen molar-refractivity contribution in [3.63, 3.8) is 0 Å². The molecule has 8 heteroatoms. The van der Waals surface area contributed by atoms with E-state index in [1.54, 1.807) is 22.9 Å². The van der Waals surface area contributed by atoms with Gasteiger partial charge in [-0.05, 0) is 54.6 Å². The normalized spacial score (nSPS) is 11.0. The molecule has 0 saturated carbocycles. The topological polar surface area (TPSA) is 69.9 Å². The number of hydrogen-bond acceptors (Lipinski definition) is 6. The Hall–Kier alpha value is -3.26. The summed E-state index contributed by atoms with van der Waals surface area (Å²) in [6.07, 6.45) is 2.36. The Morgan fingerprint density at radius 3 is 2.66 bits per heavy atom. The van der Waals surface area contributed by atoms with E-state index in [0.717, 1.165) is 6.42 Å². The van der Waals surface area contributed by atoms with Crippen LogP contribution in [0.2, 0.25) is 0 Å². The minimum atomic E-state index is -0.340. The van der Waals surface area contributed by atoms with Crippen LogP contribution in [0.5, 0.6) is 11.6 Å². The van der Waals surface area contributed by atoms with Crippen LogP contribution in [0.3, 0.4) is 0 Å². The highest BCUT2D eigenvalue weighted by molar-refractivity contribution is 7.99. The van der Waals surface area contributed by atoms with Crippen LogP contribution < -0.4 is 10.3 Å². The first kappa shape index (κ1) is 19.1. The number of halogens is 1. The first-order chi connectivity index (χ1) is 14.1. The van der Waals surface area contributed by atoms with Crippen molar-refractivity contribution in [2.75, 3.05) is 0 Å². The lowest BCUT2D eigenvalue weighted by molar-refractivity contribution is 0.454. The van der Waals surface area contributed by atoms with Gasteiger partial charge < -0.3 is 4.74 Å². The van der Waals surface area contributed by atoms with E-state index >= 15 is 0 Å². The van der Waals surface area contributed by atoms with Crippen molar-refractivity contribution in [2.24, 2.45) is 0 Å². The van der Waals surface area contributed by atoms with Gasteiger partial charge >= 0.3 is 0 Å². The maximum atomic E-state index is 13.1. The average Bonchev–Trinajstić information content (AvgIpc) is 2.73. The second-order valence-electron chi connectivity index (χ2n) is 6.20. The number of benzene rings is 2. The van der Waals surface area contributed by atoms with Gasteiger partial charge in [-0.15, -0.1) is 0 Å². The smallest absolute Gasteiger partial charge is 0.262 e. The number of hydrogen-bond donors (Lipinski definition) is 0. The van der Waals surface area contributed by atoms with Gasteiger partial charge in [-0.1, -0.05) is 19.1 Å². The SMILES string of the molecule is CCCn1c(Sc2nccc(Oc3ccc(F)cc3)n2)nc2ccccc2c1=O. The molecule has 0 N–H and O–H groups in total. The fourth-order valence-electron chi connectivity index (χ4n) is 2.78. The molecule has 6 nitrogen and oxygen atoms in total. The molecule has 0 fully saturated rings. The monoisotopic (exact) mass is 408 g/mol. The van der Waals surface area contributed by atoms with Crippen LogP contribution >= 0.6 is 11.8 Å². The fraction of sp³-hybridized carbons (Fsp3) is 0.143. The Morgan fingerprint density at radius 1 is 1.07 bits per heavy atom. The van der Waals surface area contributed by atoms with Crippen molar-refractivity contribution < 1.29 is 9.13 Å². The third-order valence-electron chi connectivity index (χ3n) is 4.10. The van der Waals surface area contributed by atoms with Gasteiger partial charge in [-0.3, -0.25) is 9.36 Å². The van der Waals surface area contributed by atoms with E-state index in [2.05, 4.69) is 15.0 Å². The molecule has 0 atom stereocenters. The lowest BCUT2D eigenvalue weighted by Gasteiger charge is -2.12. The summed E-state index contributed by atoms with van der Waals surface area (Å²) in [5.41, 5.74) is 0.546. The predicted molar refractivity (Wildman–Crippen MR) is 109 cm³/mol. The highest BCUT2D eigenvalue weighted by Gasteiger charge is 2.13. The van der Waals surface area contributed by atoms with Crippen LogP contribution in [0.4, 0.5) is 4.39 Å². The Balaban J connectivity index is 1.67. The van der Waals surface area contributed by atoms with Crippen LogP contribution in [-0.4, -0.2) is 19.5 Å². The second-order valence-corrected chi connectivity index (χ2v) is 7.14. The lowest BCUT2D eigenvalue weighted by Crippen LogP contribution is -2.23.